The van der Waals surface area contributed by atoms with Crippen LogP contribution in [0.2, 0.25) is 5.02 Å². The van der Waals surface area contributed by atoms with Crippen LogP contribution in [0.25, 0.3) is 0 Å². The largest absolute Gasteiger partial charge is 0.478 e. The summed E-state index contributed by atoms with van der Waals surface area (Å²) in [7, 11) is -3.76. The molecule has 0 spiro atoms. The molecule has 0 aliphatic rings. The van der Waals surface area contributed by atoms with Crippen LogP contribution in [0.5, 0.6) is 0 Å². The number of sulfonamides is 1. The molecule has 0 radical (unpaired) electrons. The topological polar surface area (TPSA) is 116 Å². The maximum absolute atomic E-state index is 12.2. The minimum absolute atomic E-state index is 0.0211. The van der Waals surface area contributed by atoms with Crippen LogP contribution < -0.4 is 9.73 Å². The zero-order chi connectivity index (χ0) is 20.9. The fourth-order valence-corrected chi connectivity index (χ4v) is 3.47. The van der Waals surface area contributed by atoms with Gasteiger partial charge in [-0.3, -0.25) is 9.10 Å². The van der Waals surface area contributed by atoms with Crippen molar-refractivity contribution in [3.05, 3.63) is 64.2 Å². The Bertz CT molecular complexity index is 1040. The van der Waals surface area contributed by atoms with Gasteiger partial charge in [-0.1, -0.05) is 35.9 Å². The summed E-state index contributed by atoms with van der Waals surface area (Å²) in [5, 5.41) is 13.2. The minimum atomic E-state index is -3.76. The van der Waals surface area contributed by atoms with Gasteiger partial charge in [0.2, 0.25) is 10.0 Å². The van der Waals surface area contributed by atoms with Crippen LogP contribution >= 0.6 is 11.6 Å². The van der Waals surface area contributed by atoms with E-state index in [1.807, 2.05) is 0 Å². The molecule has 2 rings (SSSR count). The number of aromatic carboxylic acids is 1. The zero-order valence-electron chi connectivity index (χ0n) is 15.1. The van der Waals surface area contributed by atoms with Gasteiger partial charge in [0.15, 0.2) is 0 Å². The molecule has 2 aromatic rings. The van der Waals surface area contributed by atoms with Gasteiger partial charge >= 0.3 is 5.97 Å². The summed E-state index contributed by atoms with van der Waals surface area (Å²) in [6, 6.07) is 10.9. The number of anilines is 1. The number of carbonyl (C=O) groups is 2. The van der Waals surface area contributed by atoms with Crippen molar-refractivity contribution in [3.63, 3.8) is 0 Å². The summed E-state index contributed by atoms with van der Waals surface area (Å²) in [5.74, 6) is -1.83. The predicted octanol–water partition coefficient (Wildman–Crippen LogP) is 2.26. The molecule has 0 aliphatic heterocycles. The molecule has 0 unspecified atom stereocenters. The van der Waals surface area contributed by atoms with Crippen molar-refractivity contribution in [1.29, 1.82) is 0 Å². The molecule has 0 heterocycles. The fraction of sp³-hybridized carbons (Fsp3) is 0.167. The first-order valence-corrected chi connectivity index (χ1v) is 10.2. The van der Waals surface area contributed by atoms with E-state index in [1.54, 1.807) is 37.3 Å². The van der Waals surface area contributed by atoms with Crippen molar-refractivity contribution >= 4 is 45.4 Å². The molecule has 2 aromatic carbocycles. The molecule has 0 fully saturated rings. The molecular weight excluding hydrogens is 406 g/mol. The quantitative estimate of drug-likeness (QED) is 0.523. The summed E-state index contributed by atoms with van der Waals surface area (Å²) in [4.78, 5) is 23.4. The summed E-state index contributed by atoms with van der Waals surface area (Å²) >= 11 is 6.04. The highest BCUT2D eigenvalue weighted by Gasteiger charge is 2.23. The number of carboxylic acids is 1. The molecule has 0 saturated carbocycles. The van der Waals surface area contributed by atoms with Crippen LogP contribution in [0.15, 0.2) is 47.6 Å². The molecule has 2 N–H and O–H groups in total. The Hall–Kier alpha value is -2.91. The van der Waals surface area contributed by atoms with E-state index < -0.39 is 28.4 Å². The lowest BCUT2D eigenvalue weighted by Gasteiger charge is -2.23. The average Bonchev–Trinajstić information content (AvgIpc) is 2.62. The van der Waals surface area contributed by atoms with Crippen LogP contribution in [0.1, 0.15) is 21.5 Å². The van der Waals surface area contributed by atoms with Gasteiger partial charge in [-0.15, -0.1) is 0 Å². The number of carboxylic acid groups (broad SMARTS) is 1. The second kappa shape index (κ2) is 8.85. The number of hydrogen-bond acceptors (Lipinski definition) is 5. The SMILES string of the molecule is Cc1c(Cl)cccc1N(CC(=O)N/N=C\c1ccccc1C(=O)O)S(C)(=O)=O. The molecule has 8 nitrogen and oxygen atoms in total. The third kappa shape index (κ3) is 5.30. The summed E-state index contributed by atoms with van der Waals surface area (Å²) < 4.78 is 25.2. The van der Waals surface area contributed by atoms with Crippen LogP contribution in [0.4, 0.5) is 5.69 Å². The van der Waals surface area contributed by atoms with E-state index in [9.17, 15) is 18.0 Å². The van der Waals surface area contributed by atoms with E-state index in [1.165, 1.54) is 18.3 Å². The first-order valence-electron chi connectivity index (χ1n) is 7.98. The third-order valence-electron chi connectivity index (χ3n) is 3.78. The number of amides is 1. The van der Waals surface area contributed by atoms with Crippen molar-refractivity contribution in [2.24, 2.45) is 5.10 Å². The standard InChI is InChI=1S/C18H18ClN3O5S/c1-12-15(19)8-5-9-16(12)22(28(2,26)27)11-17(23)21-20-10-13-6-3-4-7-14(13)18(24)25/h3-10H,11H2,1-2H3,(H,21,23)(H,24,25)/b20-10-. The fourth-order valence-electron chi connectivity index (χ4n) is 2.39. The van der Waals surface area contributed by atoms with Crippen molar-refractivity contribution in [3.8, 4) is 0 Å². The summed E-state index contributed by atoms with van der Waals surface area (Å²) in [5.41, 5.74) is 3.31. The van der Waals surface area contributed by atoms with E-state index >= 15 is 0 Å². The number of hydrogen-bond donors (Lipinski definition) is 2. The molecule has 0 aliphatic carbocycles. The average molecular weight is 424 g/mol. The maximum atomic E-state index is 12.2. The smallest absolute Gasteiger partial charge is 0.336 e. The number of halogens is 1. The van der Waals surface area contributed by atoms with Crippen molar-refractivity contribution in [1.82, 2.24) is 5.43 Å². The van der Waals surface area contributed by atoms with E-state index in [2.05, 4.69) is 10.5 Å². The van der Waals surface area contributed by atoms with Crippen molar-refractivity contribution in [2.75, 3.05) is 17.1 Å². The van der Waals surface area contributed by atoms with Crippen molar-refractivity contribution in [2.45, 2.75) is 6.92 Å². The van der Waals surface area contributed by atoms with Crippen molar-refractivity contribution < 1.29 is 23.1 Å². The van der Waals surface area contributed by atoms with E-state index in [0.29, 0.717) is 16.1 Å². The Labute approximate surface area is 167 Å². The van der Waals surface area contributed by atoms with Crippen LogP contribution in [-0.2, 0) is 14.8 Å². The number of hydrazone groups is 1. The van der Waals surface area contributed by atoms with Gasteiger partial charge in [0, 0.05) is 10.6 Å². The van der Waals surface area contributed by atoms with Gasteiger partial charge in [-0.05, 0) is 30.7 Å². The van der Waals surface area contributed by atoms with Crippen LogP contribution in [0, 0.1) is 6.92 Å². The Balaban J connectivity index is 2.18. The predicted molar refractivity (Wildman–Crippen MR) is 108 cm³/mol. The molecular formula is C18H18ClN3O5S. The number of nitrogens with one attached hydrogen (secondary N) is 1. The molecule has 0 saturated heterocycles. The molecule has 0 bridgehead atoms. The lowest BCUT2D eigenvalue weighted by molar-refractivity contribution is -0.119. The van der Waals surface area contributed by atoms with Gasteiger partial charge in [0.1, 0.15) is 6.54 Å². The molecule has 10 heteroatoms. The summed E-state index contributed by atoms with van der Waals surface area (Å²) in [6.07, 6.45) is 2.16. The maximum Gasteiger partial charge on any atom is 0.336 e. The lowest BCUT2D eigenvalue weighted by Crippen LogP contribution is -2.39. The first kappa shape index (κ1) is 21.4. The van der Waals surface area contributed by atoms with Gasteiger partial charge in [-0.25, -0.2) is 18.6 Å². The zero-order valence-corrected chi connectivity index (χ0v) is 16.7. The second-order valence-corrected chi connectivity index (χ2v) is 8.15. The third-order valence-corrected chi connectivity index (χ3v) is 5.32. The summed E-state index contributed by atoms with van der Waals surface area (Å²) in [6.45, 7) is 1.13. The Morgan fingerprint density at radius 1 is 1.21 bits per heavy atom. The van der Waals surface area contributed by atoms with Gasteiger partial charge in [-0.2, -0.15) is 5.10 Å². The molecule has 28 heavy (non-hydrogen) atoms. The number of nitrogens with zero attached hydrogens (tertiary/aromatic N) is 2. The highest BCUT2D eigenvalue weighted by atomic mass is 35.5. The normalized spacial score (nSPS) is 11.4. The van der Waals surface area contributed by atoms with Gasteiger partial charge in [0.25, 0.3) is 5.91 Å². The Morgan fingerprint density at radius 2 is 1.89 bits per heavy atom. The number of carbonyl (C=O) groups excluding carboxylic acids is 1. The molecule has 0 aromatic heterocycles. The number of rotatable bonds is 7. The molecule has 1 amide bonds. The van der Waals surface area contributed by atoms with Gasteiger partial charge < -0.3 is 5.11 Å². The number of benzene rings is 2. The molecule has 0 atom stereocenters. The Kier molecular flexibility index (Phi) is 6.76. The first-order chi connectivity index (χ1) is 13.1. The van der Waals surface area contributed by atoms with Crippen LogP contribution in [0.3, 0.4) is 0 Å². The minimum Gasteiger partial charge on any atom is -0.478 e. The molecule has 148 valence electrons. The lowest BCUT2D eigenvalue weighted by atomic mass is 10.1. The van der Waals surface area contributed by atoms with Crippen LogP contribution in [-0.4, -0.2) is 44.4 Å². The van der Waals surface area contributed by atoms with E-state index in [0.717, 1.165) is 10.6 Å². The Morgan fingerprint density at radius 3 is 2.54 bits per heavy atom. The monoisotopic (exact) mass is 423 g/mol. The van der Waals surface area contributed by atoms with E-state index in [-0.39, 0.29) is 11.3 Å². The van der Waals surface area contributed by atoms with E-state index in [4.69, 9.17) is 16.7 Å². The highest BCUT2D eigenvalue weighted by molar-refractivity contribution is 7.92. The second-order valence-electron chi connectivity index (χ2n) is 5.84. The highest BCUT2D eigenvalue weighted by Crippen LogP contribution is 2.27. The van der Waals surface area contributed by atoms with Gasteiger partial charge in [0.05, 0.1) is 23.7 Å².